The molecule has 3 rings (SSSR count). The molecule has 4 heteroatoms. The van der Waals surface area contributed by atoms with E-state index in [1.165, 1.54) is 5.56 Å². The van der Waals surface area contributed by atoms with Crippen molar-refractivity contribution in [2.45, 2.75) is 13.0 Å². The first-order valence-corrected chi connectivity index (χ1v) is 6.57. The molecule has 102 valence electrons. The van der Waals surface area contributed by atoms with E-state index in [1.807, 2.05) is 31.3 Å². The number of anilines is 3. The molecule has 1 amide bonds. The summed E-state index contributed by atoms with van der Waals surface area (Å²) in [4.78, 5) is 13.7. The molecule has 0 saturated heterocycles. The quantitative estimate of drug-likeness (QED) is 0.879. The van der Waals surface area contributed by atoms with Gasteiger partial charge in [0.05, 0.1) is 0 Å². The van der Waals surface area contributed by atoms with Crippen LogP contribution in [0.4, 0.5) is 17.1 Å². The van der Waals surface area contributed by atoms with Crippen molar-refractivity contribution in [3.63, 3.8) is 0 Å². The van der Waals surface area contributed by atoms with Crippen LogP contribution < -0.4 is 16.0 Å². The van der Waals surface area contributed by atoms with Crippen LogP contribution in [0.15, 0.2) is 42.5 Å². The molecule has 2 aromatic carbocycles. The Morgan fingerprint density at radius 3 is 2.65 bits per heavy atom. The monoisotopic (exact) mass is 267 g/mol. The zero-order valence-electron chi connectivity index (χ0n) is 11.6. The Kier molecular flexibility index (Phi) is 2.95. The summed E-state index contributed by atoms with van der Waals surface area (Å²) in [5.41, 5.74) is 10.8. The molecule has 1 aliphatic rings. The van der Waals surface area contributed by atoms with Gasteiger partial charge in [-0.15, -0.1) is 0 Å². The molecule has 3 N–H and O–H groups in total. The summed E-state index contributed by atoms with van der Waals surface area (Å²) in [5.74, 6) is -0.143. The van der Waals surface area contributed by atoms with Crippen molar-refractivity contribution in [2.24, 2.45) is 5.73 Å². The van der Waals surface area contributed by atoms with Crippen molar-refractivity contribution < 1.29 is 4.79 Å². The molecule has 0 radical (unpaired) electrons. The normalized spacial score (nSPS) is 16.8. The number of fused-ring (bicyclic) bond motifs is 1. The van der Waals surface area contributed by atoms with Gasteiger partial charge in [-0.1, -0.05) is 18.2 Å². The highest BCUT2D eigenvalue weighted by molar-refractivity contribution is 6.03. The van der Waals surface area contributed by atoms with E-state index in [1.54, 1.807) is 0 Å². The molecule has 0 aliphatic carbocycles. The molecule has 1 aliphatic heterocycles. The Balaban J connectivity index is 1.96. The molecular formula is C16H17N3O. The van der Waals surface area contributed by atoms with E-state index in [2.05, 4.69) is 35.3 Å². The molecule has 1 heterocycles. The van der Waals surface area contributed by atoms with Gasteiger partial charge in [0, 0.05) is 29.7 Å². The average Bonchev–Trinajstić information content (AvgIpc) is 2.73. The molecule has 4 nitrogen and oxygen atoms in total. The van der Waals surface area contributed by atoms with E-state index in [0.29, 0.717) is 0 Å². The van der Waals surface area contributed by atoms with Gasteiger partial charge in [0.1, 0.15) is 6.04 Å². The fraction of sp³-hybridized carbons (Fsp3) is 0.188. The van der Waals surface area contributed by atoms with Crippen LogP contribution in [0.5, 0.6) is 0 Å². The number of amides is 1. The van der Waals surface area contributed by atoms with E-state index in [4.69, 9.17) is 5.73 Å². The second kappa shape index (κ2) is 4.65. The molecule has 0 aromatic heterocycles. The second-order valence-corrected chi connectivity index (χ2v) is 5.14. The lowest BCUT2D eigenvalue weighted by atomic mass is 10.1. The largest absolute Gasteiger partial charge is 0.345 e. The zero-order valence-corrected chi connectivity index (χ0v) is 11.6. The third kappa shape index (κ3) is 2.04. The predicted molar refractivity (Wildman–Crippen MR) is 81.2 cm³/mol. The Labute approximate surface area is 118 Å². The maximum Gasteiger partial charge on any atom is 0.245 e. The molecule has 0 spiro atoms. The number of nitrogens with two attached hydrogens (primary N) is 1. The summed E-state index contributed by atoms with van der Waals surface area (Å²) < 4.78 is 0. The highest BCUT2D eigenvalue weighted by Crippen LogP contribution is 2.34. The van der Waals surface area contributed by atoms with Gasteiger partial charge in [0.15, 0.2) is 0 Å². The van der Waals surface area contributed by atoms with Gasteiger partial charge in [-0.3, -0.25) is 4.79 Å². The van der Waals surface area contributed by atoms with Gasteiger partial charge in [0.25, 0.3) is 0 Å². The minimum atomic E-state index is -0.552. The van der Waals surface area contributed by atoms with Crippen molar-refractivity contribution >= 4 is 23.0 Å². The van der Waals surface area contributed by atoms with Crippen LogP contribution in [0.2, 0.25) is 0 Å². The van der Waals surface area contributed by atoms with Crippen molar-refractivity contribution in [2.75, 3.05) is 17.3 Å². The number of benzene rings is 2. The van der Waals surface area contributed by atoms with Crippen LogP contribution >= 0.6 is 0 Å². The van der Waals surface area contributed by atoms with Crippen LogP contribution in [0.1, 0.15) is 17.2 Å². The molecule has 0 bridgehead atoms. The smallest absolute Gasteiger partial charge is 0.245 e. The van der Waals surface area contributed by atoms with Crippen LogP contribution in [0, 0.1) is 6.92 Å². The minimum Gasteiger partial charge on any atom is -0.345 e. The lowest BCUT2D eigenvalue weighted by molar-refractivity contribution is -0.116. The van der Waals surface area contributed by atoms with Crippen molar-refractivity contribution in [1.29, 1.82) is 0 Å². The zero-order chi connectivity index (χ0) is 14.3. The molecule has 0 fully saturated rings. The topological polar surface area (TPSA) is 58.4 Å². The van der Waals surface area contributed by atoms with Crippen molar-refractivity contribution in [3.05, 3.63) is 53.6 Å². The molecule has 0 saturated carbocycles. The maximum absolute atomic E-state index is 11.6. The summed E-state index contributed by atoms with van der Waals surface area (Å²) in [6, 6.07) is 13.6. The Morgan fingerprint density at radius 1 is 1.15 bits per heavy atom. The maximum atomic E-state index is 11.6. The standard InChI is InChI=1S/C16H17N3O/c1-10-4-3-5-11(8-10)19(2)12-6-7-13-14(9-12)18-16(20)15(13)17/h3-9,15H,17H2,1-2H3,(H,18,20). The number of rotatable bonds is 2. The van der Waals surface area contributed by atoms with Crippen molar-refractivity contribution in [3.8, 4) is 0 Å². The van der Waals surface area contributed by atoms with E-state index in [0.717, 1.165) is 22.6 Å². The fourth-order valence-corrected chi connectivity index (χ4v) is 2.47. The molecule has 20 heavy (non-hydrogen) atoms. The number of hydrogen-bond donors (Lipinski definition) is 2. The first kappa shape index (κ1) is 12.7. The third-order valence-electron chi connectivity index (χ3n) is 3.69. The number of nitrogens with one attached hydrogen (secondary N) is 1. The fourth-order valence-electron chi connectivity index (χ4n) is 2.47. The predicted octanol–water partition coefficient (Wildman–Crippen LogP) is 2.71. The average molecular weight is 267 g/mol. The van der Waals surface area contributed by atoms with Crippen LogP contribution in [0.25, 0.3) is 0 Å². The Bertz CT molecular complexity index is 681. The number of carbonyl (C=O) groups excluding carboxylic acids is 1. The Morgan fingerprint density at radius 2 is 1.90 bits per heavy atom. The van der Waals surface area contributed by atoms with Gasteiger partial charge < -0.3 is 16.0 Å². The molecular weight excluding hydrogens is 250 g/mol. The first-order valence-electron chi connectivity index (χ1n) is 6.57. The van der Waals surface area contributed by atoms with Crippen LogP contribution in [-0.4, -0.2) is 13.0 Å². The van der Waals surface area contributed by atoms with Crippen molar-refractivity contribution in [1.82, 2.24) is 0 Å². The van der Waals surface area contributed by atoms with Gasteiger partial charge in [-0.05, 0) is 36.8 Å². The summed E-state index contributed by atoms with van der Waals surface area (Å²) >= 11 is 0. The lowest BCUT2D eigenvalue weighted by Gasteiger charge is -2.20. The third-order valence-corrected chi connectivity index (χ3v) is 3.69. The molecule has 1 atom stereocenters. The van der Waals surface area contributed by atoms with Crippen LogP contribution in [0.3, 0.4) is 0 Å². The SMILES string of the molecule is Cc1cccc(N(C)c2ccc3c(c2)NC(=O)C3N)c1. The molecule has 1 unspecified atom stereocenters. The summed E-state index contributed by atoms with van der Waals surface area (Å²) in [5, 5.41) is 2.81. The van der Waals surface area contributed by atoms with Gasteiger partial charge in [-0.25, -0.2) is 0 Å². The van der Waals surface area contributed by atoms with E-state index >= 15 is 0 Å². The first-order chi connectivity index (χ1) is 9.56. The number of carbonyl (C=O) groups is 1. The summed E-state index contributed by atoms with van der Waals surface area (Å²) in [6.45, 7) is 2.07. The number of aryl methyl sites for hydroxylation is 1. The number of hydrogen-bond acceptors (Lipinski definition) is 3. The van der Waals surface area contributed by atoms with E-state index in [9.17, 15) is 4.79 Å². The van der Waals surface area contributed by atoms with Gasteiger partial charge in [0.2, 0.25) is 5.91 Å². The van der Waals surface area contributed by atoms with Crippen LogP contribution in [-0.2, 0) is 4.79 Å². The lowest BCUT2D eigenvalue weighted by Crippen LogP contribution is -2.19. The highest BCUT2D eigenvalue weighted by Gasteiger charge is 2.27. The summed E-state index contributed by atoms with van der Waals surface area (Å²) in [7, 11) is 2.01. The number of nitrogens with zero attached hydrogens (tertiary/aromatic N) is 1. The minimum absolute atomic E-state index is 0.143. The summed E-state index contributed by atoms with van der Waals surface area (Å²) in [6.07, 6.45) is 0. The van der Waals surface area contributed by atoms with E-state index in [-0.39, 0.29) is 5.91 Å². The second-order valence-electron chi connectivity index (χ2n) is 5.14. The van der Waals surface area contributed by atoms with Gasteiger partial charge >= 0.3 is 0 Å². The van der Waals surface area contributed by atoms with E-state index < -0.39 is 6.04 Å². The Hall–Kier alpha value is -2.33. The molecule has 2 aromatic rings. The highest BCUT2D eigenvalue weighted by atomic mass is 16.2. The van der Waals surface area contributed by atoms with Gasteiger partial charge in [-0.2, -0.15) is 0 Å².